The van der Waals surface area contributed by atoms with Gasteiger partial charge in [0, 0.05) is 29.5 Å². The van der Waals surface area contributed by atoms with Gasteiger partial charge in [-0.15, -0.1) is 0 Å². The van der Waals surface area contributed by atoms with Crippen molar-refractivity contribution < 1.29 is 23.9 Å². The molecule has 3 rings (SSSR count). The lowest BCUT2D eigenvalue weighted by atomic mass is 10.2. The molecule has 0 unspecified atom stereocenters. The van der Waals surface area contributed by atoms with E-state index in [1.54, 1.807) is 72.8 Å². The minimum atomic E-state index is -0.340. The minimum Gasteiger partial charge on any atom is -0.494 e. The third-order valence-electron chi connectivity index (χ3n) is 4.40. The second kappa shape index (κ2) is 11.3. The van der Waals surface area contributed by atoms with Crippen LogP contribution in [0.2, 0.25) is 0 Å². The maximum absolute atomic E-state index is 12.4. The molecule has 3 N–H and O–H groups in total. The quantitative estimate of drug-likeness (QED) is 0.453. The van der Waals surface area contributed by atoms with Gasteiger partial charge in [0.2, 0.25) is 5.91 Å². The first-order valence-electron chi connectivity index (χ1n) is 10.4. The van der Waals surface area contributed by atoms with E-state index in [2.05, 4.69) is 16.0 Å². The lowest BCUT2D eigenvalue weighted by Gasteiger charge is -2.10. The summed E-state index contributed by atoms with van der Waals surface area (Å²) in [6, 6.07) is 20.4. The third-order valence-corrected chi connectivity index (χ3v) is 4.40. The van der Waals surface area contributed by atoms with Crippen LogP contribution < -0.4 is 25.4 Å². The summed E-state index contributed by atoms with van der Waals surface area (Å²) in [5.41, 5.74) is 2.30. The van der Waals surface area contributed by atoms with Crippen LogP contribution in [0.1, 0.15) is 24.2 Å². The van der Waals surface area contributed by atoms with E-state index in [0.29, 0.717) is 35.0 Å². The molecule has 0 spiro atoms. The fourth-order valence-electron chi connectivity index (χ4n) is 2.89. The monoisotopic (exact) mass is 447 g/mol. The lowest BCUT2D eigenvalue weighted by Crippen LogP contribution is -2.20. The SMILES string of the molecule is CCOc1ccc(NC(=O)c2ccc(NC(=O)COc3ccc(NC(C)=O)cc3)cc2)cc1. The highest BCUT2D eigenvalue weighted by molar-refractivity contribution is 6.04. The van der Waals surface area contributed by atoms with Crippen LogP contribution in [0.3, 0.4) is 0 Å². The molecule has 8 heteroatoms. The Morgan fingerprint density at radius 1 is 0.667 bits per heavy atom. The molecule has 33 heavy (non-hydrogen) atoms. The summed E-state index contributed by atoms with van der Waals surface area (Å²) in [7, 11) is 0. The van der Waals surface area contributed by atoms with Gasteiger partial charge < -0.3 is 25.4 Å². The van der Waals surface area contributed by atoms with E-state index in [0.717, 1.165) is 5.75 Å². The molecular weight excluding hydrogens is 422 g/mol. The summed E-state index contributed by atoms with van der Waals surface area (Å²) in [4.78, 5) is 35.6. The van der Waals surface area contributed by atoms with Crippen molar-refractivity contribution in [3.8, 4) is 11.5 Å². The van der Waals surface area contributed by atoms with Crippen molar-refractivity contribution in [2.45, 2.75) is 13.8 Å². The van der Waals surface area contributed by atoms with Crippen molar-refractivity contribution in [1.82, 2.24) is 0 Å². The standard InChI is InChI=1S/C25H25N3O5/c1-3-32-22-12-10-21(11-13-22)28-25(31)18-4-6-20(7-5-18)27-24(30)16-33-23-14-8-19(9-15-23)26-17(2)29/h4-15H,3,16H2,1-2H3,(H,26,29)(H,27,30)(H,28,31). The highest BCUT2D eigenvalue weighted by Gasteiger charge is 2.08. The molecule has 0 aromatic heterocycles. The number of hydrogen-bond acceptors (Lipinski definition) is 5. The Labute approximate surface area is 191 Å². The van der Waals surface area contributed by atoms with E-state index in [1.165, 1.54) is 6.92 Å². The number of hydrogen-bond donors (Lipinski definition) is 3. The molecule has 8 nitrogen and oxygen atoms in total. The summed E-state index contributed by atoms with van der Waals surface area (Å²) in [5.74, 6) is 0.473. The van der Waals surface area contributed by atoms with Crippen LogP contribution >= 0.6 is 0 Å². The highest BCUT2D eigenvalue weighted by Crippen LogP contribution is 2.18. The van der Waals surface area contributed by atoms with Crippen molar-refractivity contribution in [2.75, 3.05) is 29.2 Å². The van der Waals surface area contributed by atoms with E-state index in [9.17, 15) is 14.4 Å². The maximum atomic E-state index is 12.4. The van der Waals surface area contributed by atoms with E-state index < -0.39 is 0 Å². The Kier molecular flexibility index (Phi) is 8.02. The van der Waals surface area contributed by atoms with E-state index in [-0.39, 0.29) is 24.3 Å². The number of rotatable bonds is 9. The molecule has 0 aliphatic heterocycles. The Morgan fingerprint density at radius 3 is 1.70 bits per heavy atom. The van der Waals surface area contributed by atoms with Crippen molar-refractivity contribution in [1.29, 1.82) is 0 Å². The number of ether oxygens (including phenoxy) is 2. The van der Waals surface area contributed by atoms with Gasteiger partial charge >= 0.3 is 0 Å². The van der Waals surface area contributed by atoms with E-state index >= 15 is 0 Å². The zero-order chi connectivity index (χ0) is 23.6. The molecule has 0 saturated carbocycles. The van der Waals surface area contributed by atoms with E-state index in [1.807, 2.05) is 6.92 Å². The fourth-order valence-corrected chi connectivity index (χ4v) is 2.89. The smallest absolute Gasteiger partial charge is 0.262 e. The predicted molar refractivity (Wildman–Crippen MR) is 127 cm³/mol. The Morgan fingerprint density at radius 2 is 1.15 bits per heavy atom. The summed E-state index contributed by atoms with van der Waals surface area (Å²) in [5, 5.41) is 8.19. The third kappa shape index (κ3) is 7.39. The van der Waals surface area contributed by atoms with Gasteiger partial charge in [0.1, 0.15) is 11.5 Å². The Balaban J connectivity index is 1.47. The fraction of sp³-hybridized carbons (Fsp3) is 0.160. The molecule has 170 valence electrons. The highest BCUT2D eigenvalue weighted by atomic mass is 16.5. The number of carbonyl (C=O) groups is 3. The molecule has 3 amide bonds. The molecule has 0 radical (unpaired) electrons. The molecule has 3 aromatic rings. The van der Waals surface area contributed by atoms with Gasteiger partial charge in [-0.3, -0.25) is 14.4 Å². The average molecular weight is 447 g/mol. The molecule has 3 aromatic carbocycles. The van der Waals surface area contributed by atoms with Crippen molar-refractivity contribution in [3.05, 3.63) is 78.4 Å². The van der Waals surface area contributed by atoms with Crippen LogP contribution in [0.15, 0.2) is 72.8 Å². The number of benzene rings is 3. The van der Waals surface area contributed by atoms with Crippen LogP contribution in [0.25, 0.3) is 0 Å². The van der Waals surface area contributed by atoms with Crippen molar-refractivity contribution in [2.24, 2.45) is 0 Å². The number of amides is 3. The zero-order valence-electron chi connectivity index (χ0n) is 18.4. The Bertz CT molecular complexity index is 1090. The first-order valence-corrected chi connectivity index (χ1v) is 10.4. The molecule has 0 atom stereocenters. The summed E-state index contributed by atoms with van der Waals surface area (Å²) >= 11 is 0. The van der Waals surface area contributed by atoms with Crippen molar-refractivity contribution in [3.63, 3.8) is 0 Å². The maximum Gasteiger partial charge on any atom is 0.262 e. The molecule has 0 bridgehead atoms. The number of anilines is 3. The van der Waals surface area contributed by atoms with Gasteiger partial charge in [-0.05, 0) is 79.7 Å². The van der Waals surface area contributed by atoms with Gasteiger partial charge in [0.05, 0.1) is 6.61 Å². The van der Waals surface area contributed by atoms with Crippen LogP contribution in [0.5, 0.6) is 11.5 Å². The van der Waals surface area contributed by atoms with Gasteiger partial charge in [0.25, 0.3) is 11.8 Å². The van der Waals surface area contributed by atoms with Crippen molar-refractivity contribution >= 4 is 34.8 Å². The van der Waals surface area contributed by atoms with Crippen LogP contribution in [0, 0.1) is 0 Å². The summed E-state index contributed by atoms with van der Waals surface area (Å²) < 4.78 is 10.8. The first-order chi connectivity index (χ1) is 15.9. The molecule has 0 aliphatic rings. The van der Waals surface area contributed by atoms with Crippen LogP contribution in [0.4, 0.5) is 17.1 Å². The molecule has 0 fully saturated rings. The van der Waals surface area contributed by atoms with Gasteiger partial charge in [-0.2, -0.15) is 0 Å². The predicted octanol–water partition coefficient (Wildman–Crippen LogP) is 4.31. The zero-order valence-corrected chi connectivity index (χ0v) is 18.4. The second-order valence-corrected chi connectivity index (χ2v) is 7.03. The largest absolute Gasteiger partial charge is 0.494 e. The first kappa shape index (κ1) is 23.3. The van der Waals surface area contributed by atoms with Gasteiger partial charge in [0.15, 0.2) is 6.61 Å². The van der Waals surface area contributed by atoms with Gasteiger partial charge in [-0.1, -0.05) is 0 Å². The molecular formula is C25H25N3O5. The second-order valence-electron chi connectivity index (χ2n) is 7.03. The Hall–Kier alpha value is -4.33. The number of carbonyl (C=O) groups excluding carboxylic acids is 3. The normalized spacial score (nSPS) is 10.1. The number of nitrogens with one attached hydrogen (secondary N) is 3. The average Bonchev–Trinajstić information content (AvgIpc) is 2.80. The minimum absolute atomic E-state index is 0.164. The lowest BCUT2D eigenvalue weighted by molar-refractivity contribution is -0.118. The van der Waals surface area contributed by atoms with Crippen LogP contribution in [-0.4, -0.2) is 30.9 Å². The summed E-state index contributed by atoms with van der Waals surface area (Å²) in [6.07, 6.45) is 0. The molecule has 0 aliphatic carbocycles. The topological polar surface area (TPSA) is 106 Å². The summed E-state index contributed by atoms with van der Waals surface area (Å²) in [6.45, 7) is 3.73. The van der Waals surface area contributed by atoms with Gasteiger partial charge in [-0.25, -0.2) is 0 Å². The van der Waals surface area contributed by atoms with Crippen LogP contribution in [-0.2, 0) is 9.59 Å². The molecule has 0 heterocycles. The van der Waals surface area contributed by atoms with E-state index in [4.69, 9.17) is 9.47 Å². The molecule has 0 saturated heterocycles.